The molecule has 45 valence electrons. The molecule has 1 radical (unpaired) electrons. The Morgan fingerprint density at radius 3 is 1.78 bits per heavy atom. The molecule has 0 heterocycles. The van der Waals surface area contributed by atoms with E-state index < -0.39 is 8.80 Å². The second-order valence-electron chi connectivity index (χ2n) is 2.59. The number of allylic oxidation sites excluding steroid dienone is 4. The van der Waals surface area contributed by atoms with Crippen molar-refractivity contribution in [3.8, 4) is 0 Å². The summed E-state index contributed by atoms with van der Waals surface area (Å²) in [6, 6.07) is 0. The maximum absolute atomic E-state index is 2.38. The van der Waals surface area contributed by atoms with E-state index in [1.807, 2.05) is 0 Å². The van der Waals surface area contributed by atoms with Gasteiger partial charge in [-0.2, -0.15) is 0 Å². The number of hydrogen-bond donors (Lipinski definition) is 0. The molecule has 0 unspecified atom stereocenters. The summed E-state index contributed by atoms with van der Waals surface area (Å²) in [6.07, 6.45) is 8.91. The molecule has 0 nitrogen and oxygen atoms in total. The Bertz CT molecular complexity index is 115. The topological polar surface area (TPSA) is 0 Å². The Hall–Kier alpha value is 0.294. The Labute approximate surface area is 70.8 Å². The molecule has 0 amide bonds. The van der Waals surface area contributed by atoms with Gasteiger partial charge in [-0.3, -0.25) is 0 Å². The zero-order valence-electron chi connectivity index (χ0n) is 6.46. The van der Waals surface area contributed by atoms with Crippen LogP contribution in [0.2, 0.25) is 18.6 Å². The molecule has 1 rings (SSSR count). The molecule has 1 aliphatic carbocycles. The standard InChI is InChI=1S/C7H12Si.Li/c1-8(2)7-5-3-4-6-7;/h3-8H,1-2H3;. The second kappa shape index (κ2) is 4.16. The van der Waals surface area contributed by atoms with Gasteiger partial charge >= 0.3 is 0 Å². The van der Waals surface area contributed by atoms with E-state index in [1.165, 1.54) is 0 Å². The van der Waals surface area contributed by atoms with Gasteiger partial charge in [0.05, 0.1) is 0 Å². The fourth-order valence-electron chi connectivity index (χ4n) is 0.893. The summed E-state index contributed by atoms with van der Waals surface area (Å²) in [5, 5.41) is 0. The van der Waals surface area contributed by atoms with Crippen LogP contribution in [0.3, 0.4) is 0 Å². The van der Waals surface area contributed by atoms with Gasteiger partial charge in [0.25, 0.3) is 0 Å². The summed E-state index contributed by atoms with van der Waals surface area (Å²) in [4.78, 5) is 0. The third kappa shape index (κ3) is 2.58. The van der Waals surface area contributed by atoms with Crippen molar-refractivity contribution in [1.82, 2.24) is 0 Å². The molecule has 0 spiro atoms. The van der Waals surface area contributed by atoms with Gasteiger partial charge in [-0.1, -0.05) is 37.4 Å². The minimum Gasteiger partial charge on any atom is -0.0807 e. The molecule has 0 fully saturated rings. The van der Waals surface area contributed by atoms with Gasteiger partial charge in [-0.05, 0) is 5.54 Å². The summed E-state index contributed by atoms with van der Waals surface area (Å²) in [6.45, 7) is 4.76. The van der Waals surface area contributed by atoms with Gasteiger partial charge in [-0.15, -0.1) is 0 Å². The van der Waals surface area contributed by atoms with Crippen molar-refractivity contribution in [2.75, 3.05) is 0 Å². The van der Waals surface area contributed by atoms with Crippen LogP contribution in [0.4, 0.5) is 0 Å². The smallest absolute Gasteiger partial charge is 0.0428 e. The average molecular weight is 131 g/mol. The van der Waals surface area contributed by atoms with E-state index in [4.69, 9.17) is 0 Å². The molecule has 0 aromatic rings. The van der Waals surface area contributed by atoms with Crippen molar-refractivity contribution >= 4 is 27.7 Å². The molecule has 1 aliphatic rings. The third-order valence-electron chi connectivity index (χ3n) is 1.55. The SMILES string of the molecule is C[SiH](C)C1C=CC=C1.[Li]. The number of hydrogen-bond acceptors (Lipinski definition) is 0. The van der Waals surface area contributed by atoms with Crippen LogP contribution >= 0.6 is 0 Å². The summed E-state index contributed by atoms with van der Waals surface area (Å²) in [5.41, 5.74) is 0.843. The molecule has 0 saturated heterocycles. The molecular weight excluding hydrogens is 119 g/mol. The van der Waals surface area contributed by atoms with Gasteiger partial charge in [0, 0.05) is 27.7 Å². The van der Waals surface area contributed by atoms with Crippen LogP contribution < -0.4 is 0 Å². The van der Waals surface area contributed by atoms with Gasteiger partial charge < -0.3 is 0 Å². The van der Waals surface area contributed by atoms with E-state index in [9.17, 15) is 0 Å². The molecule has 9 heavy (non-hydrogen) atoms. The van der Waals surface area contributed by atoms with Crippen molar-refractivity contribution in [2.24, 2.45) is 0 Å². The van der Waals surface area contributed by atoms with Crippen molar-refractivity contribution in [2.45, 2.75) is 18.6 Å². The Morgan fingerprint density at radius 2 is 1.56 bits per heavy atom. The molecule has 2 heteroatoms. The molecule has 0 bridgehead atoms. The fraction of sp³-hybridized carbons (Fsp3) is 0.429. The monoisotopic (exact) mass is 131 g/mol. The molecule has 0 saturated carbocycles. The Balaban J connectivity index is 0.000000640. The largest absolute Gasteiger partial charge is 0.0807 e. The minimum absolute atomic E-state index is 0. The minimum atomic E-state index is -0.397. The van der Waals surface area contributed by atoms with E-state index in [0.29, 0.717) is 0 Å². The average Bonchev–Trinajstić information content (AvgIpc) is 2.12. The van der Waals surface area contributed by atoms with Gasteiger partial charge in [0.2, 0.25) is 0 Å². The predicted molar refractivity (Wildman–Crippen MR) is 46.7 cm³/mol. The fourth-order valence-corrected chi connectivity index (χ4v) is 2.04. The van der Waals surface area contributed by atoms with E-state index in [1.54, 1.807) is 0 Å². The molecule has 0 atom stereocenters. The van der Waals surface area contributed by atoms with Crippen LogP contribution in [-0.2, 0) is 0 Å². The van der Waals surface area contributed by atoms with Gasteiger partial charge in [0.15, 0.2) is 0 Å². The Morgan fingerprint density at radius 1 is 1.11 bits per heavy atom. The molecular formula is C7H12LiSi. The molecule has 0 N–H and O–H groups in total. The van der Waals surface area contributed by atoms with Crippen molar-refractivity contribution in [3.63, 3.8) is 0 Å². The van der Waals surface area contributed by atoms with Crippen LogP contribution in [0, 0.1) is 0 Å². The van der Waals surface area contributed by atoms with Crippen LogP contribution in [0.1, 0.15) is 0 Å². The van der Waals surface area contributed by atoms with Crippen molar-refractivity contribution in [3.05, 3.63) is 24.3 Å². The first kappa shape index (κ1) is 9.29. The maximum atomic E-state index is 2.38. The third-order valence-corrected chi connectivity index (χ3v) is 3.53. The van der Waals surface area contributed by atoms with E-state index in [0.717, 1.165) is 5.54 Å². The van der Waals surface area contributed by atoms with E-state index in [2.05, 4.69) is 37.4 Å². The summed E-state index contributed by atoms with van der Waals surface area (Å²) >= 11 is 0. The molecule has 0 aromatic heterocycles. The predicted octanol–water partition coefficient (Wildman–Crippen LogP) is 1.59. The van der Waals surface area contributed by atoms with Gasteiger partial charge in [-0.25, -0.2) is 0 Å². The first-order valence-electron chi connectivity index (χ1n) is 3.15. The Kier molecular flexibility index (Phi) is 4.30. The summed E-state index contributed by atoms with van der Waals surface area (Å²) in [7, 11) is -0.397. The zero-order valence-corrected chi connectivity index (χ0v) is 7.62. The number of rotatable bonds is 1. The van der Waals surface area contributed by atoms with Crippen LogP contribution in [-0.4, -0.2) is 27.7 Å². The van der Waals surface area contributed by atoms with Crippen LogP contribution in [0.15, 0.2) is 24.3 Å². The van der Waals surface area contributed by atoms with Gasteiger partial charge in [0.1, 0.15) is 0 Å². The zero-order chi connectivity index (χ0) is 5.98. The van der Waals surface area contributed by atoms with E-state index >= 15 is 0 Å². The summed E-state index contributed by atoms with van der Waals surface area (Å²) in [5.74, 6) is 0. The van der Waals surface area contributed by atoms with E-state index in [-0.39, 0.29) is 18.9 Å². The van der Waals surface area contributed by atoms with Crippen molar-refractivity contribution in [1.29, 1.82) is 0 Å². The van der Waals surface area contributed by atoms with Crippen LogP contribution in [0.25, 0.3) is 0 Å². The maximum Gasteiger partial charge on any atom is 0.0428 e. The summed E-state index contributed by atoms with van der Waals surface area (Å²) < 4.78 is 0. The van der Waals surface area contributed by atoms with Crippen molar-refractivity contribution < 1.29 is 0 Å². The second-order valence-corrected chi connectivity index (χ2v) is 5.85. The first-order valence-corrected chi connectivity index (χ1v) is 6.13. The molecule has 0 aromatic carbocycles. The first-order chi connectivity index (χ1) is 3.80. The molecule has 0 aliphatic heterocycles. The quantitative estimate of drug-likeness (QED) is 0.474. The normalized spacial score (nSPS) is 16.8. The van der Waals surface area contributed by atoms with Crippen LogP contribution in [0.5, 0.6) is 0 Å².